The maximum atomic E-state index is 11.6. The van der Waals surface area contributed by atoms with Crippen molar-refractivity contribution in [2.45, 2.75) is 30.9 Å². The molecular weight excluding hydrogens is 310 g/mol. The van der Waals surface area contributed by atoms with Crippen LogP contribution in [0.2, 0.25) is 0 Å². The Balaban J connectivity index is 3.02. The van der Waals surface area contributed by atoms with Gasteiger partial charge in [-0.25, -0.2) is 4.79 Å². The number of esters is 2. The van der Waals surface area contributed by atoms with E-state index in [2.05, 4.69) is 0 Å². The fourth-order valence-corrected chi connectivity index (χ4v) is 2.55. The van der Waals surface area contributed by atoms with Gasteiger partial charge in [0.05, 0.1) is 28.6 Å². The summed E-state index contributed by atoms with van der Waals surface area (Å²) in [5.74, 6) is -1.07. The summed E-state index contributed by atoms with van der Waals surface area (Å²) >= 11 is 1.01. The molecule has 0 bridgehead atoms. The zero-order chi connectivity index (χ0) is 16.7. The summed E-state index contributed by atoms with van der Waals surface area (Å²) in [5.41, 5.74) is -0.145. The normalized spacial score (nSPS) is 11.6. The molecule has 0 saturated carbocycles. The first-order chi connectivity index (χ1) is 10.4. The molecule has 1 aromatic carbocycles. The Bertz CT molecular complexity index is 574. The molecule has 0 aliphatic carbocycles. The van der Waals surface area contributed by atoms with E-state index < -0.39 is 22.1 Å². The van der Waals surface area contributed by atoms with Crippen molar-refractivity contribution < 1.29 is 24.0 Å². The third-order valence-electron chi connectivity index (χ3n) is 2.59. The number of hydrogen-bond donors (Lipinski definition) is 0. The molecule has 0 spiro atoms. The number of ether oxygens (including phenoxy) is 2. The second-order valence-corrected chi connectivity index (χ2v) is 5.55. The molecule has 0 aromatic heterocycles. The van der Waals surface area contributed by atoms with Crippen molar-refractivity contribution in [3.8, 4) is 0 Å². The van der Waals surface area contributed by atoms with E-state index in [1.165, 1.54) is 12.1 Å². The van der Waals surface area contributed by atoms with Crippen LogP contribution in [0.25, 0.3) is 0 Å². The van der Waals surface area contributed by atoms with Gasteiger partial charge in [0.2, 0.25) is 0 Å². The average Bonchev–Trinajstić information content (AvgIpc) is 2.47. The number of rotatable bonds is 7. The van der Waals surface area contributed by atoms with Crippen LogP contribution in [0.5, 0.6) is 0 Å². The van der Waals surface area contributed by atoms with Gasteiger partial charge < -0.3 is 9.47 Å². The third kappa shape index (κ3) is 4.73. The standard InChI is InChI=1S/C14H17NO6S/c1-4-20-13(16)9(3)22-12-7-6-10(14(17)21-5-2)8-11(12)15(18)19/h6-9H,4-5H2,1-3H3. The van der Waals surface area contributed by atoms with Crippen LogP contribution in [-0.4, -0.2) is 35.3 Å². The van der Waals surface area contributed by atoms with Crippen molar-refractivity contribution in [1.29, 1.82) is 0 Å². The minimum absolute atomic E-state index is 0.0988. The first-order valence-corrected chi connectivity index (χ1v) is 7.57. The summed E-state index contributed by atoms with van der Waals surface area (Å²) in [5, 5.41) is 10.6. The van der Waals surface area contributed by atoms with Crippen LogP contribution in [-0.2, 0) is 14.3 Å². The molecule has 1 atom stereocenters. The van der Waals surface area contributed by atoms with Crippen molar-refractivity contribution in [3.63, 3.8) is 0 Å². The number of nitro groups is 1. The largest absolute Gasteiger partial charge is 0.465 e. The molecule has 0 N–H and O–H groups in total. The maximum absolute atomic E-state index is 11.6. The van der Waals surface area contributed by atoms with Gasteiger partial charge in [-0.15, -0.1) is 11.8 Å². The summed E-state index contributed by atoms with van der Waals surface area (Å²) in [6.07, 6.45) is 0. The van der Waals surface area contributed by atoms with Crippen LogP contribution in [0.3, 0.4) is 0 Å². The lowest BCUT2D eigenvalue weighted by Crippen LogP contribution is -2.16. The number of carbonyl (C=O) groups excluding carboxylic acids is 2. The van der Waals surface area contributed by atoms with Crippen molar-refractivity contribution in [2.24, 2.45) is 0 Å². The smallest absolute Gasteiger partial charge is 0.338 e. The van der Waals surface area contributed by atoms with Crippen molar-refractivity contribution in [1.82, 2.24) is 0 Å². The highest BCUT2D eigenvalue weighted by molar-refractivity contribution is 8.00. The lowest BCUT2D eigenvalue weighted by Gasteiger charge is -2.11. The predicted molar refractivity (Wildman–Crippen MR) is 81.0 cm³/mol. The van der Waals surface area contributed by atoms with Gasteiger partial charge in [0.1, 0.15) is 5.25 Å². The van der Waals surface area contributed by atoms with Crippen molar-refractivity contribution in [3.05, 3.63) is 33.9 Å². The Morgan fingerprint density at radius 2 is 1.91 bits per heavy atom. The minimum atomic E-state index is -0.624. The predicted octanol–water partition coefficient (Wildman–Crippen LogP) is 2.82. The monoisotopic (exact) mass is 327 g/mol. The van der Waals surface area contributed by atoms with Gasteiger partial charge in [-0.05, 0) is 32.9 Å². The number of benzene rings is 1. The number of carbonyl (C=O) groups is 2. The zero-order valence-electron chi connectivity index (χ0n) is 12.5. The molecule has 0 aliphatic heterocycles. The van der Waals surface area contributed by atoms with E-state index in [0.29, 0.717) is 4.90 Å². The molecule has 0 fully saturated rings. The fraction of sp³-hybridized carbons (Fsp3) is 0.429. The molecule has 0 radical (unpaired) electrons. The van der Waals surface area contributed by atoms with E-state index in [1.807, 2.05) is 0 Å². The molecule has 8 heteroatoms. The maximum Gasteiger partial charge on any atom is 0.338 e. The zero-order valence-corrected chi connectivity index (χ0v) is 13.3. The molecule has 1 aromatic rings. The van der Waals surface area contributed by atoms with E-state index in [9.17, 15) is 19.7 Å². The molecular formula is C14H17NO6S. The van der Waals surface area contributed by atoms with Gasteiger partial charge in [0.15, 0.2) is 0 Å². The summed E-state index contributed by atoms with van der Waals surface area (Å²) in [6.45, 7) is 5.37. The SMILES string of the molecule is CCOC(=O)c1ccc(SC(C)C(=O)OCC)c([N+](=O)[O-])c1. The molecule has 0 amide bonds. The number of thioether (sulfide) groups is 1. The third-order valence-corrected chi connectivity index (χ3v) is 3.73. The lowest BCUT2D eigenvalue weighted by molar-refractivity contribution is -0.387. The molecule has 22 heavy (non-hydrogen) atoms. The molecule has 0 aliphatic rings. The average molecular weight is 327 g/mol. The Labute approximate surface area is 132 Å². The topological polar surface area (TPSA) is 95.7 Å². The Hall–Kier alpha value is -2.09. The highest BCUT2D eigenvalue weighted by Gasteiger charge is 2.23. The highest BCUT2D eigenvalue weighted by atomic mass is 32.2. The Morgan fingerprint density at radius 1 is 1.27 bits per heavy atom. The summed E-state index contributed by atoms with van der Waals surface area (Å²) in [7, 11) is 0. The van der Waals surface area contributed by atoms with Gasteiger partial charge >= 0.3 is 11.9 Å². The van der Waals surface area contributed by atoms with Crippen LogP contribution in [0, 0.1) is 10.1 Å². The summed E-state index contributed by atoms with van der Waals surface area (Å²) in [4.78, 5) is 34.1. The van der Waals surface area contributed by atoms with E-state index >= 15 is 0 Å². The van der Waals surface area contributed by atoms with Crippen molar-refractivity contribution >= 4 is 29.4 Å². The highest BCUT2D eigenvalue weighted by Crippen LogP contribution is 2.33. The molecule has 120 valence electrons. The van der Waals surface area contributed by atoms with Gasteiger partial charge in [-0.3, -0.25) is 14.9 Å². The van der Waals surface area contributed by atoms with Crippen molar-refractivity contribution in [2.75, 3.05) is 13.2 Å². The van der Waals surface area contributed by atoms with E-state index in [0.717, 1.165) is 17.8 Å². The van der Waals surface area contributed by atoms with E-state index in [4.69, 9.17) is 9.47 Å². The van der Waals surface area contributed by atoms with Gasteiger partial charge in [0, 0.05) is 6.07 Å². The fourth-order valence-electron chi connectivity index (χ4n) is 1.60. The van der Waals surface area contributed by atoms with Crippen LogP contribution >= 0.6 is 11.8 Å². The molecule has 0 saturated heterocycles. The Morgan fingerprint density at radius 3 is 2.45 bits per heavy atom. The molecule has 1 rings (SSSR count). The van der Waals surface area contributed by atoms with E-state index in [1.54, 1.807) is 20.8 Å². The van der Waals surface area contributed by atoms with Crippen LogP contribution in [0.1, 0.15) is 31.1 Å². The number of hydrogen-bond acceptors (Lipinski definition) is 7. The summed E-state index contributed by atoms with van der Waals surface area (Å²) in [6, 6.07) is 4.02. The second-order valence-electron chi connectivity index (χ2n) is 4.17. The Kier molecular flexibility index (Phi) is 6.84. The van der Waals surface area contributed by atoms with Gasteiger partial charge in [0.25, 0.3) is 5.69 Å². The lowest BCUT2D eigenvalue weighted by atomic mass is 10.2. The first-order valence-electron chi connectivity index (χ1n) is 6.69. The van der Waals surface area contributed by atoms with Crippen LogP contribution in [0.4, 0.5) is 5.69 Å². The second kappa shape index (κ2) is 8.38. The van der Waals surface area contributed by atoms with Gasteiger partial charge in [-0.2, -0.15) is 0 Å². The quantitative estimate of drug-likeness (QED) is 0.329. The van der Waals surface area contributed by atoms with Crippen LogP contribution < -0.4 is 0 Å². The van der Waals surface area contributed by atoms with E-state index in [-0.39, 0.29) is 24.5 Å². The molecule has 1 unspecified atom stereocenters. The number of nitro benzene ring substituents is 1. The molecule has 7 nitrogen and oxygen atoms in total. The summed E-state index contributed by atoms with van der Waals surface area (Å²) < 4.78 is 9.68. The minimum Gasteiger partial charge on any atom is -0.465 e. The van der Waals surface area contributed by atoms with Crippen LogP contribution in [0.15, 0.2) is 23.1 Å². The number of nitrogens with zero attached hydrogens (tertiary/aromatic N) is 1. The van der Waals surface area contributed by atoms with Gasteiger partial charge in [-0.1, -0.05) is 0 Å². The first kappa shape index (κ1) is 18.0. The molecule has 0 heterocycles.